The maximum atomic E-state index is 10.2. The summed E-state index contributed by atoms with van der Waals surface area (Å²) in [4.78, 5) is 10.2. The summed E-state index contributed by atoms with van der Waals surface area (Å²) in [5.41, 5.74) is 0.196. The lowest BCUT2D eigenvalue weighted by Gasteiger charge is -2.03. The number of hydrogen-bond acceptors (Lipinski definition) is 2. The minimum absolute atomic E-state index is 0.124. The first-order chi connectivity index (χ1) is 6.52. The van der Waals surface area contributed by atoms with Crippen molar-refractivity contribution < 1.29 is 15.0 Å². The molecule has 3 nitrogen and oxygen atoms in total. The Hall–Kier alpha value is -1.19. The van der Waals surface area contributed by atoms with Gasteiger partial charge in [0.05, 0.1) is 10.0 Å². The number of carboxylic acids is 1. The van der Waals surface area contributed by atoms with Crippen molar-refractivity contribution in [2.24, 2.45) is 0 Å². The van der Waals surface area contributed by atoms with E-state index in [0.29, 0.717) is 0 Å². The van der Waals surface area contributed by atoms with Crippen molar-refractivity contribution in [2.45, 2.75) is 0 Å². The third kappa shape index (κ3) is 2.40. The van der Waals surface area contributed by atoms with E-state index in [0.717, 1.165) is 6.08 Å². The van der Waals surface area contributed by atoms with E-state index in [4.69, 9.17) is 28.3 Å². The number of phenols is 1. The van der Waals surface area contributed by atoms with E-state index in [-0.39, 0.29) is 21.4 Å². The molecule has 0 bridgehead atoms. The van der Waals surface area contributed by atoms with Gasteiger partial charge in [0.1, 0.15) is 5.75 Å². The minimum Gasteiger partial charge on any atom is -0.506 e. The summed E-state index contributed by atoms with van der Waals surface area (Å²) >= 11 is 11.3. The maximum Gasteiger partial charge on any atom is 0.328 e. The van der Waals surface area contributed by atoms with Crippen LogP contribution in [0.5, 0.6) is 5.75 Å². The van der Waals surface area contributed by atoms with Gasteiger partial charge in [-0.2, -0.15) is 0 Å². The molecule has 0 saturated carbocycles. The van der Waals surface area contributed by atoms with Gasteiger partial charge >= 0.3 is 5.97 Å². The van der Waals surface area contributed by atoms with Crippen LogP contribution in [0.25, 0.3) is 6.08 Å². The Morgan fingerprint density at radius 3 is 2.43 bits per heavy atom. The molecule has 5 heteroatoms. The highest BCUT2D eigenvalue weighted by atomic mass is 35.5. The molecule has 0 amide bonds. The quantitative estimate of drug-likeness (QED) is 0.772. The van der Waals surface area contributed by atoms with Crippen LogP contribution in [-0.4, -0.2) is 16.2 Å². The van der Waals surface area contributed by atoms with Crippen molar-refractivity contribution >= 4 is 35.2 Å². The zero-order valence-corrected chi connectivity index (χ0v) is 8.38. The van der Waals surface area contributed by atoms with E-state index in [1.54, 1.807) is 0 Å². The second-order valence-corrected chi connectivity index (χ2v) is 3.28. The molecule has 0 fully saturated rings. The fourth-order valence-electron chi connectivity index (χ4n) is 0.870. The Kier molecular flexibility index (Phi) is 3.38. The predicted octanol–water partition coefficient (Wildman–Crippen LogP) is 2.80. The Balaban J connectivity index is 3.19. The van der Waals surface area contributed by atoms with Crippen LogP contribution < -0.4 is 0 Å². The minimum atomic E-state index is -1.12. The zero-order valence-electron chi connectivity index (χ0n) is 6.87. The summed E-state index contributed by atoms with van der Waals surface area (Å²) in [7, 11) is 0. The van der Waals surface area contributed by atoms with Gasteiger partial charge in [-0.3, -0.25) is 0 Å². The fraction of sp³-hybridized carbons (Fsp3) is 0. The molecule has 0 aliphatic carbocycles. The summed E-state index contributed by atoms with van der Waals surface area (Å²) in [6, 6.07) is 2.91. The highest BCUT2D eigenvalue weighted by Crippen LogP contribution is 2.33. The van der Waals surface area contributed by atoms with Gasteiger partial charge in [0.15, 0.2) is 0 Å². The summed E-state index contributed by atoms with van der Waals surface area (Å²) in [6.07, 6.45) is 2.06. The van der Waals surface area contributed by atoms with Gasteiger partial charge < -0.3 is 10.2 Å². The molecule has 0 aliphatic rings. The van der Waals surface area contributed by atoms with Gasteiger partial charge in [0.2, 0.25) is 0 Å². The molecule has 0 saturated heterocycles. The summed E-state index contributed by atoms with van der Waals surface area (Å²) in [5.74, 6) is -1.35. The van der Waals surface area contributed by atoms with Crippen LogP contribution in [0.1, 0.15) is 5.56 Å². The molecule has 1 rings (SSSR count). The topological polar surface area (TPSA) is 57.5 Å². The number of phenolic OH excluding ortho intramolecular Hbond substituents is 1. The Morgan fingerprint density at radius 2 is 1.86 bits per heavy atom. The van der Waals surface area contributed by atoms with E-state index in [2.05, 4.69) is 0 Å². The molecule has 0 spiro atoms. The van der Waals surface area contributed by atoms with Gasteiger partial charge in [-0.05, 0) is 18.2 Å². The summed E-state index contributed by atoms with van der Waals surface area (Å²) in [5, 5.41) is 18.2. The highest BCUT2D eigenvalue weighted by molar-refractivity contribution is 6.35. The number of benzene rings is 1. The van der Waals surface area contributed by atoms with Crippen LogP contribution in [0.15, 0.2) is 18.2 Å². The van der Waals surface area contributed by atoms with Crippen LogP contribution in [0.4, 0.5) is 0 Å². The van der Waals surface area contributed by atoms with Crippen molar-refractivity contribution in [3.63, 3.8) is 0 Å². The molecule has 0 atom stereocenters. The van der Waals surface area contributed by atoms with Crippen molar-refractivity contribution in [1.29, 1.82) is 0 Å². The number of carbonyl (C=O) groups is 1. The highest BCUT2D eigenvalue weighted by Gasteiger charge is 2.07. The van der Waals surface area contributed by atoms with Gasteiger partial charge in [0.25, 0.3) is 0 Å². The third-order valence-electron chi connectivity index (χ3n) is 1.51. The van der Waals surface area contributed by atoms with Gasteiger partial charge in [-0.25, -0.2) is 4.79 Å². The Morgan fingerprint density at radius 1 is 1.29 bits per heavy atom. The van der Waals surface area contributed by atoms with Crippen molar-refractivity contribution in [1.82, 2.24) is 0 Å². The van der Waals surface area contributed by atoms with Crippen molar-refractivity contribution in [2.75, 3.05) is 0 Å². The van der Waals surface area contributed by atoms with Crippen LogP contribution in [0.2, 0.25) is 10.0 Å². The molecule has 74 valence electrons. The van der Waals surface area contributed by atoms with Gasteiger partial charge in [-0.15, -0.1) is 0 Å². The molecule has 0 radical (unpaired) electrons. The number of aliphatic carboxylic acids is 1. The second-order valence-electron chi connectivity index (χ2n) is 2.46. The monoisotopic (exact) mass is 232 g/mol. The molecule has 2 N–H and O–H groups in total. The van der Waals surface area contributed by atoms with Crippen molar-refractivity contribution in [3.05, 3.63) is 33.8 Å². The predicted molar refractivity (Wildman–Crippen MR) is 54.8 cm³/mol. The van der Waals surface area contributed by atoms with Crippen LogP contribution in [0, 0.1) is 0 Å². The first-order valence-corrected chi connectivity index (χ1v) is 4.36. The Labute approximate surface area is 90.2 Å². The lowest BCUT2D eigenvalue weighted by Crippen LogP contribution is -1.86. The molecule has 0 unspecified atom stereocenters. The second kappa shape index (κ2) is 4.35. The number of halogens is 2. The van der Waals surface area contributed by atoms with Crippen LogP contribution >= 0.6 is 23.2 Å². The van der Waals surface area contributed by atoms with E-state index < -0.39 is 5.97 Å². The SMILES string of the molecule is O=C(O)/C=C/c1c(Cl)ccc(Cl)c1O. The molecule has 1 aromatic rings. The molecule has 1 aromatic carbocycles. The van der Waals surface area contributed by atoms with Gasteiger partial charge in [-0.1, -0.05) is 23.2 Å². The van der Waals surface area contributed by atoms with E-state index in [1.807, 2.05) is 0 Å². The fourth-order valence-corrected chi connectivity index (χ4v) is 1.25. The van der Waals surface area contributed by atoms with E-state index >= 15 is 0 Å². The zero-order chi connectivity index (χ0) is 10.7. The van der Waals surface area contributed by atoms with Crippen molar-refractivity contribution in [3.8, 4) is 5.75 Å². The largest absolute Gasteiger partial charge is 0.506 e. The normalized spacial score (nSPS) is 10.7. The smallest absolute Gasteiger partial charge is 0.328 e. The maximum absolute atomic E-state index is 10.2. The molecule has 0 heterocycles. The lowest BCUT2D eigenvalue weighted by molar-refractivity contribution is -0.131. The van der Waals surface area contributed by atoms with Crippen LogP contribution in [0.3, 0.4) is 0 Å². The molecule has 0 aliphatic heterocycles. The standard InChI is InChI=1S/C9H6Cl2O3/c10-6-2-3-7(11)9(14)5(6)1-4-8(12)13/h1-4,14H,(H,12,13)/b4-1+. The van der Waals surface area contributed by atoms with E-state index in [1.165, 1.54) is 18.2 Å². The number of carboxylic acid groups (broad SMARTS) is 1. The first kappa shape index (κ1) is 10.9. The summed E-state index contributed by atoms with van der Waals surface area (Å²) in [6.45, 7) is 0. The molecular weight excluding hydrogens is 227 g/mol. The summed E-state index contributed by atoms with van der Waals surface area (Å²) < 4.78 is 0. The number of aromatic hydroxyl groups is 1. The third-order valence-corrected chi connectivity index (χ3v) is 2.14. The number of rotatable bonds is 2. The Bertz CT molecular complexity index is 399. The number of hydrogen-bond donors (Lipinski definition) is 2. The molecule has 0 aromatic heterocycles. The lowest BCUT2D eigenvalue weighted by atomic mass is 10.2. The average molecular weight is 233 g/mol. The molecule has 14 heavy (non-hydrogen) atoms. The first-order valence-electron chi connectivity index (χ1n) is 3.60. The van der Waals surface area contributed by atoms with Gasteiger partial charge in [0, 0.05) is 11.6 Å². The van der Waals surface area contributed by atoms with E-state index in [9.17, 15) is 9.90 Å². The molecular formula is C9H6Cl2O3. The average Bonchev–Trinajstić information content (AvgIpc) is 2.11. The van der Waals surface area contributed by atoms with Crippen LogP contribution in [-0.2, 0) is 4.79 Å².